The van der Waals surface area contributed by atoms with Crippen LogP contribution < -0.4 is 5.32 Å². The highest BCUT2D eigenvalue weighted by Crippen LogP contribution is 2.31. The van der Waals surface area contributed by atoms with Gasteiger partial charge in [0, 0.05) is 18.8 Å². The number of carbonyl (C=O) groups excluding carboxylic acids is 3. The number of thioether (sulfide) groups is 1. The molecular formula is C21H23N3O4S. The number of ether oxygens (including phenoxy) is 1. The number of fused-ring (bicyclic) bond motifs is 1. The van der Waals surface area contributed by atoms with Gasteiger partial charge in [0.2, 0.25) is 0 Å². The number of esters is 1. The van der Waals surface area contributed by atoms with Crippen molar-refractivity contribution in [3.05, 3.63) is 48.0 Å². The molecule has 4 rings (SSSR count). The highest BCUT2D eigenvalue weighted by atomic mass is 32.2. The molecule has 0 spiro atoms. The summed E-state index contributed by atoms with van der Waals surface area (Å²) in [5.41, 5.74) is -0.369. The standard InChI is InChI=1S/C21H23N3O4S/c1-21(16-8-7-14-5-3-4-6-15(14)11-16)19(26)24(20(27)22-21)13-23-9-10-29-17(12-23)18(25)28-2/h3-8,11,17H,9-10,12-13H2,1-2H3,(H,22,27)/t17-,21+/m0/s1. The number of hydrogen-bond acceptors (Lipinski definition) is 6. The average molecular weight is 413 g/mol. The molecule has 0 bridgehead atoms. The number of methoxy groups -OCH3 is 1. The van der Waals surface area contributed by atoms with Gasteiger partial charge < -0.3 is 10.1 Å². The predicted molar refractivity (Wildman–Crippen MR) is 111 cm³/mol. The van der Waals surface area contributed by atoms with Crippen molar-refractivity contribution in [1.29, 1.82) is 0 Å². The Morgan fingerprint density at radius 2 is 2.00 bits per heavy atom. The summed E-state index contributed by atoms with van der Waals surface area (Å²) < 4.78 is 4.83. The Morgan fingerprint density at radius 1 is 1.24 bits per heavy atom. The zero-order chi connectivity index (χ0) is 20.6. The van der Waals surface area contributed by atoms with Crippen LogP contribution in [0.2, 0.25) is 0 Å². The maximum Gasteiger partial charge on any atom is 0.326 e. The molecule has 2 saturated heterocycles. The van der Waals surface area contributed by atoms with Crippen molar-refractivity contribution in [3.8, 4) is 0 Å². The number of imide groups is 1. The molecule has 3 amide bonds. The van der Waals surface area contributed by atoms with E-state index in [-0.39, 0.29) is 23.8 Å². The van der Waals surface area contributed by atoms with E-state index in [1.807, 2.05) is 47.4 Å². The van der Waals surface area contributed by atoms with Crippen molar-refractivity contribution in [2.75, 3.05) is 32.6 Å². The van der Waals surface area contributed by atoms with E-state index in [1.165, 1.54) is 23.8 Å². The fourth-order valence-electron chi connectivity index (χ4n) is 3.83. The molecular weight excluding hydrogens is 390 g/mol. The van der Waals surface area contributed by atoms with Gasteiger partial charge in [0.25, 0.3) is 5.91 Å². The maximum absolute atomic E-state index is 13.2. The highest BCUT2D eigenvalue weighted by Gasteiger charge is 2.49. The van der Waals surface area contributed by atoms with Crippen molar-refractivity contribution in [2.45, 2.75) is 17.7 Å². The molecule has 0 radical (unpaired) electrons. The number of urea groups is 1. The fraction of sp³-hybridized carbons (Fsp3) is 0.381. The molecule has 2 aromatic rings. The largest absolute Gasteiger partial charge is 0.468 e. The Balaban J connectivity index is 1.54. The number of rotatable bonds is 4. The van der Waals surface area contributed by atoms with Crippen LogP contribution in [0.4, 0.5) is 4.79 Å². The van der Waals surface area contributed by atoms with Crippen LogP contribution in [0.3, 0.4) is 0 Å². The van der Waals surface area contributed by atoms with E-state index in [4.69, 9.17) is 4.74 Å². The van der Waals surface area contributed by atoms with E-state index in [1.54, 1.807) is 6.92 Å². The zero-order valence-corrected chi connectivity index (χ0v) is 17.2. The number of carbonyl (C=O) groups is 3. The first-order chi connectivity index (χ1) is 13.9. The second-order valence-electron chi connectivity index (χ2n) is 7.45. The second-order valence-corrected chi connectivity index (χ2v) is 8.76. The van der Waals surface area contributed by atoms with E-state index < -0.39 is 11.6 Å². The summed E-state index contributed by atoms with van der Waals surface area (Å²) in [4.78, 5) is 40.9. The lowest BCUT2D eigenvalue weighted by Crippen LogP contribution is -2.49. The minimum Gasteiger partial charge on any atom is -0.468 e. The van der Waals surface area contributed by atoms with E-state index >= 15 is 0 Å². The molecule has 0 aromatic heterocycles. The highest BCUT2D eigenvalue weighted by molar-refractivity contribution is 8.00. The molecule has 2 atom stereocenters. The van der Waals surface area contributed by atoms with Crippen LogP contribution in [0.25, 0.3) is 10.8 Å². The van der Waals surface area contributed by atoms with Crippen LogP contribution in [-0.2, 0) is 19.9 Å². The molecule has 29 heavy (non-hydrogen) atoms. The third-order valence-corrected chi connectivity index (χ3v) is 6.72. The van der Waals surface area contributed by atoms with Gasteiger partial charge in [0.1, 0.15) is 10.8 Å². The van der Waals surface area contributed by atoms with Gasteiger partial charge >= 0.3 is 12.0 Å². The fourth-order valence-corrected chi connectivity index (χ4v) is 5.02. The lowest BCUT2D eigenvalue weighted by Gasteiger charge is -2.33. The number of nitrogens with one attached hydrogen (secondary N) is 1. The van der Waals surface area contributed by atoms with Crippen molar-refractivity contribution < 1.29 is 19.1 Å². The van der Waals surface area contributed by atoms with Crippen LogP contribution in [0.5, 0.6) is 0 Å². The Kier molecular flexibility index (Phi) is 5.23. The van der Waals surface area contributed by atoms with Crippen molar-refractivity contribution in [3.63, 3.8) is 0 Å². The Bertz CT molecular complexity index is 981. The summed E-state index contributed by atoms with van der Waals surface area (Å²) in [5.74, 6) is 0.175. The quantitative estimate of drug-likeness (QED) is 0.611. The SMILES string of the molecule is COC(=O)[C@@H]1CN(CN2C(=O)N[C@](C)(c3ccc4ccccc4c3)C2=O)CCS1. The molecule has 2 fully saturated rings. The molecule has 0 aliphatic carbocycles. The van der Waals surface area contributed by atoms with Crippen molar-refractivity contribution >= 4 is 40.4 Å². The van der Waals surface area contributed by atoms with E-state index in [2.05, 4.69) is 5.32 Å². The molecule has 152 valence electrons. The number of hydrogen-bond donors (Lipinski definition) is 1. The smallest absolute Gasteiger partial charge is 0.326 e. The molecule has 2 aliphatic rings. The van der Waals surface area contributed by atoms with Crippen LogP contribution in [0, 0.1) is 0 Å². The molecule has 7 nitrogen and oxygen atoms in total. The molecule has 2 aromatic carbocycles. The Labute approximate surface area is 173 Å². The van der Waals surface area contributed by atoms with E-state index in [0.717, 1.165) is 22.1 Å². The number of benzene rings is 2. The summed E-state index contributed by atoms with van der Waals surface area (Å²) >= 11 is 1.54. The first kappa shape index (κ1) is 19.7. The average Bonchev–Trinajstić information content (AvgIpc) is 2.97. The van der Waals surface area contributed by atoms with E-state index in [0.29, 0.717) is 13.1 Å². The van der Waals surface area contributed by atoms with Gasteiger partial charge in [-0.25, -0.2) is 9.69 Å². The molecule has 2 aliphatic heterocycles. The van der Waals surface area contributed by atoms with Gasteiger partial charge in [-0.1, -0.05) is 36.4 Å². The minimum atomic E-state index is -1.12. The lowest BCUT2D eigenvalue weighted by molar-refractivity contribution is -0.140. The topological polar surface area (TPSA) is 79.0 Å². The first-order valence-electron chi connectivity index (χ1n) is 9.47. The summed E-state index contributed by atoms with van der Waals surface area (Å²) in [7, 11) is 1.37. The summed E-state index contributed by atoms with van der Waals surface area (Å²) in [5, 5.41) is 4.65. The summed E-state index contributed by atoms with van der Waals surface area (Å²) in [6, 6.07) is 13.3. The van der Waals surface area contributed by atoms with Gasteiger partial charge in [0.05, 0.1) is 13.8 Å². The monoisotopic (exact) mass is 413 g/mol. The van der Waals surface area contributed by atoms with Gasteiger partial charge in [0.15, 0.2) is 0 Å². The van der Waals surface area contributed by atoms with Crippen LogP contribution in [0.15, 0.2) is 42.5 Å². The summed E-state index contributed by atoms with van der Waals surface area (Å²) in [6.07, 6.45) is 0. The molecule has 2 heterocycles. The predicted octanol–water partition coefficient (Wildman–Crippen LogP) is 2.15. The van der Waals surface area contributed by atoms with E-state index in [9.17, 15) is 14.4 Å². The van der Waals surface area contributed by atoms with Crippen LogP contribution >= 0.6 is 11.8 Å². The van der Waals surface area contributed by atoms with Gasteiger partial charge in [-0.2, -0.15) is 0 Å². The van der Waals surface area contributed by atoms with Crippen LogP contribution in [0.1, 0.15) is 12.5 Å². The normalized spacial score (nSPS) is 25.3. The minimum absolute atomic E-state index is 0.155. The van der Waals surface area contributed by atoms with Crippen molar-refractivity contribution in [2.24, 2.45) is 0 Å². The summed E-state index contributed by atoms with van der Waals surface area (Å²) in [6.45, 7) is 3.03. The zero-order valence-electron chi connectivity index (χ0n) is 16.4. The Hall–Kier alpha value is -2.58. The maximum atomic E-state index is 13.2. The van der Waals surface area contributed by atoms with Crippen LogP contribution in [-0.4, -0.2) is 65.6 Å². The number of amides is 3. The molecule has 0 saturated carbocycles. The van der Waals surface area contributed by atoms with Gasteiger partial charge in [-0.15, -0.1) is 11.8 Å². The molecule has 8 heteroatoms. The number of nitrogens with zero attached hydrogens (tertiary/aromatic N) is 2. The van der Waals surface area contributed by atoms with Crippen molar-refractivity contribution in [1.82, 2.24) is 15.1 Å². The molecule has 0 unspecified atom stereocenters. The Morgan fingerprint density at radius 3 is 2.76 bits per heavy atom. The second kappa shape index (κ2) is 7.68. The van der Waals surface area contributed by atoms with Gasteiger partial charge in [-0.3, -0.25) is 14.5 Å². The lowest BCUT2D eigenvalue weighted by atomic mass is 9.90. The first-order valence-corrected chi connectivity index (χ1v) is 10.5. The van der Waals surface area contributed by atoms with Gasteiger partial charge in [-0.05, 0) is 29.3 Å². The third-order valence-electron chi connectivity index (χ3n) is 5.56. The molecule has 1 N–H and O–H groups in total. The third kappa shape index (κ3) is 3.58.